The number of aromatic nitrogens is 4. The molecule has 0 N–H and O–H groups in total. The average molecular weight is 325 g/mol. The second kappa shape index (κ2) is 6.28. The first kappa shape index (κ1) is 15.2. The van der Waals surface area contributed by atoms with E-state index in [-0.39, 0.29) is 5.82 Å². The van der Waals surface area contributed by atoms with Crippen LogP contribution in [0.5, 0.6) is 0 Å². The van der Waals surface area contributed by atoms with Crippen molar-refractivity contribution in [2.45, 2.75) is 38.8 Å². The lowest BCUT2D eigenvalue weighted by Gasteiger charge is -2.33. The van der Waals surface area contributed by atoms with Crippen LogP contribution in [0, 0.1) is 5.82 Å². The molecule has 5 nitrogen and oxygen atoms in total. The highest BCUT2D eigenvalue weighted by molar-refractivity contribution is 5.66. The number of likely N-dealkylation sites (tertiary alicyclic amines) is 1. The third kappa shape index (κ3) is 2.89. The second-order valence-electron chi connectivity index (χ2n) is 6.52. The molecular weight excluding hydrogens is 305 g/mol. The van der Waals surface area contributed by atoms with E-state index < -0.39 is 0 Å². The van der Waals surface area contributed by atoms with Gasteiger partial charge in [-0.15, -0.1) is 5.10 Å². The lowest BCUT2D eigenvalue weighted by Crippen LogP contribution is -2.36. The summed E-state index contributed by atoms with van der Waals surface area (Å²) < 4.78 is 14.9. The minimum absolute atomic E-state index is 0.232. The smallest absolute Gasteiger partial charge is 0.183 e. The van der Waals surface area contributed by atoms with E-state index in [4.69, 9.17) is 0 Å². The molecular formula is C18H20FN5. The van der Waals surface area contributed by atoms with Crippen molar-refractivity contribution in [3.8, 4) is 11.1 Å². The Morgan fingerprint density at radius 2 is 2.00 bits per heavy atom. The molecule has 0 saturated carbocycles. The molecule has 0 unspecified atom stereocenters. The lowest BCUT2D eigenvalue weighted by atomic mass is 10.0. The van der Waals surface area contributed by atoms with Gasteiger partial charge in [0.2, 0.25) is 0 Å². The molecule has 2 aromatic heterocycles. The monoisotopic (exact) mass is 325 g/mol. The summed E-state index contributed by atoms with van der Waals surface area (Å²) in [5.41, 5.74) is 3.85. The van der Waals surface area contributed by atoms with Gasteiger partial charge in [0, 0.05) is 29.9 Å². The summed E-state index contributed by atoms with van der Waals surface area (Å²) in [5.74, 6) is -0.232. The fourth-order valence-electron chi connectivity index (χ4n) is 3.44. The predicted octanol–water partition coefficient (Wildman–Crippen LogP) is 3.30. The Labute approximate surface area is 140 Å². The van der Waals surface area contributed by atoms with Crippen molar-refractivity contribution in [3.05, 3.63) is 47.9 Å². The van der Waals surface area contributed by atoms with Gasteiger partial charge in [0.25, 0.3) is 0 Å². The van der Waals surface area contributed by atoms with Crippen LogP contribution in [0.3, 0.4) is 0 Å². The Balaban J connectivity index is 1.73. The van der Waals surface area contributed by atoms with Gasteiger partial charge in [-0.3, -0.25) is 4.90 Å². The number of pyridine rings is 1. The van der Waals surface area contributed by atoms with Crippen LogP contribution in [0.15, 0.2) is 36.5 Å². The van der Waals surface area contributed by atoms with Crippen LogP contribution in [-0.2, 0) is 6.54 Å². The molecule has 1 aromatic carbocycles. The van der Waals surface area contributed by atoms with Gasteiger partial charge < -0.3 is 0 Å². The zero-order valence-electron chi connectivity index (χ0n) is 13.7. The summed E-state index contributed by atoms with van der Waals surface area (Å²) in [4.78, 5) is 2.49. The van der Waals surface area contributed by atoms with E-state index >= 15 is 0 Å². The molecule has 0 aliphatic carbocycles. The van der Waals surface area contributed by atoms with E-state index in [1.807, 2.05) is 6.20 Å². The highest BCUT2D eigenvalue weighted by atomic mass is 19.1. The maximum Gasteiger partial charge on any atom is 0.183 e. The van der Waals surface area contributed by atoms with E-state index in [2.05, 4.69) is 33.4 Å². The molecule has 4 rings (SSSR count). The van der Waals surface area contributed by atoms with Gasteiger partial charge in [-0.2, -0.15) is 4.52 Å². The Kier molecular flexibility index (Phi) is 3.98. The predicted molar refractivity (Wildman–Crippen MR) is 89.9 cm³/mol. The Hall–Kier alpha value is -2.34. The normalized spacial score (nSPS) is 19.0. The SMILES string of the molecule is C[C@@H]1CCCCN1Cc1cc(-c2ccc(F)cc2)cn2nnnc12. The van der Waals surface area contributed by atoms with Crippen LogP contribution in [0.1, 0.15) is 31.7 Å². The Morgan fingerprint density at radius 3 is 2.79 bits per heavy atom. The third-order valence-corrected chi connectivity index (χ3v) is 4.86. The number of nitrogens with zero attached hydrogens (tertiary/aromatic N) is 5. The molecule has 124 valence electrons. The van der Waals surface area contributed by atoms with Crippen molar-refractivity contribution in [3.63, 3.8) is 0 Å². The largest absolute Gasteiger partial charge is 0.296 e. The van der Waals surface area contributed by atoms with Crippen LogP contribution < -0.4 is 0 Å². The summed E-state index contributed by atoms with van der Waals surface area (Å²) >= 11 is 0. The number of piperidine rings is 1. The average Bonchev–Trinajstić information content (AvgIpc) is 3.06. The second-order valence-corrected chi connectivity index (χ2v) is 6.52. The van der Waals surface area contributed by atoms with Crippen LogP contribution in [-0.4, -0.2) is 37.5 Å². The molecule has 1 saturated heterocycles. The van der Waals surface area contributed by atoms with Crippen molar-refractivity contribution in [2.75, 3.05) is 6.54 Å². The first-order chi connectivity index (χ1) is 11.7. The van der Waals surface area contributed by atoms with Crippen molar-refractivity contribution < 1.29 is 4.39 Å². The lowest BCUT2D eigenvalue weighted by molar-refractivity contribution is 0.153. The number of hydrogen-bond acceptors (Lipinski definition) is 4. The molecule has 1 fully saturated rings. The van der Waals surface area contributed by atoms with Gasteiger partial charge in [0.1, 0.15) is 5.82 Å². The number of benzene rings is 1. The minimum Gasteiger partial charge on any atom is -0.296 e. The van der Waals surface area contributed by atoms with Crippen LogP contribution in [0.25, 0.3) is 16.8 Å². The van der Waals surface area contributed by atoms with E-state index in [9.17, 15) is 4.39 Å². The van der Waals surface area contributed by atoms with Crippen LogP contribution >= 0.6 is 0 Å². The number of fused-ring (bicyclic) bond motifs is 1. The highest BCUT2D eigenvalue weighted by Crippen LogP contribution is 2.25. The van der Waals surface area contributed by atoms with Gasteiger partial charge in [-0.05, 0) is 60.5 Å². The third-order valence-electron chi connectivity index (χ3n) is 4.86. The summed E-state index contributed by atoms with van der Waals surface area (Å²) in [7, 11) is 0. The van der Waals surface area contributed by atoms with Gasteiger partial charge in [0.15, 0.2) is 5.65 Å². The van der Waals surface area contributed by atoms with E-state index in [0.29, 0.717) is 6.04 Å². The van der Waals surface area contributed by atoms with Crippen molar-refractivity contribution in [1.29, 1.82) is 0 Å². The number of halogens is 1. The molecule has 0 bridgehead atoms. The van der Waals surface area contributed by atoms with E-state index in [1.165, 1.54) is 31.4 Å². The molecule has 0 amide bonds. The number of rotatable bonds is 3. The van der Waals surface area contributed by atoms with Gasteiger partial charge in [-0.1, -0.05) is 18.6 Å². The topological polar surface area (TPSA) is 46.3 Å². The zero-order valence-corrected chi connectivity index (χ0v) is 13.7. The van der Waals surface area contributed by atoms with Gasteiger partial charge >= 0.3 is 0 Å². The van der Waals surface area contributed by atoms with E-state index in [0.717, 1.165) is 35.4 Å². The minimum atomic E-state index is -0.232. The van der Waals surface area contributed by atoms with Gasteiger partial charge in [0.05, 0.1) is 0 Å². The first-order valence-electron chi connectivity index (χ1n) is 8.41. The zero-order chi connectivity index (χ0) is 16.5. The van der Waals surface area contributed by atoms with E-state index in [1.54, 1.807) is 16.6 Å². The molecule has 1 aliphatic rings. The molecule has 1 atom stereocenters. The molecule has 3 aromatic rings. The van der Waals surface area contributed by atoms with Crippen molar-refractivity contribution >= 4 is 5.65 Å². The molecule has 0 spiro atoms. The molecule has 6 heteroatoms. The number of hydrogen-bond donors (Lipinski definition) is 0. The molecule has 1 aliphatic heterocycles. The van der Waals surface area contributed by atoms with Crippen molar-refractivity contribution in [1.82, 2.24) is 24.9 Å². The Morgan fingerprint density at radius 1 is 1.17 bits per heavy atom. The fraction of sp³-hybridized carbons (Fsp3) is 0.389. The maximum atomic E-state index is 13.2. The summed E-state index contributed by atoms with van der Waals surface area (Å²) in [6, 6.07) is 9.23. The maximum absolute atomic E-state index is 13.2. The summed E-state index contributed by atoms with van der Waals surface area (Å²) in [6.45, 7) is 4.22. The Bertz CT molecular complexity index is 842. The molecule has 0 radical (unpaired) electrons. The quantitative estimate of drug-likeness (QED) is 0.741. The highest BCUT2D eigenvalue weighted by Gasteiger charge is 2.20. The number of tetrazole rings is 1. The standard InChI is InChI=1S/C18H20FN5/c1-13-4-2-3-9-23(13)11-16-10-15(12-24-18(16)20-21-22-24)14-5-7-17(19)8-6-14/h5-8,10,12-13H,2-4,9,11H2,1H3/t13-/m1/s1. The first-order valence-corrected chi connectivity index (χ1v) is 8.41. The fourth-order valence-corrected chi connectivity index (χ4v) is 3.44. The molecule has 3 heterocycles. The summed E-state index contributed by atoms with van der Waals surface area (Å²) in [6.07, 6.45) is 5.67. The van der Waals surface area contributed by atoms with Crippen LogP contribution in [0.4, 0.5) is 4.39 Å². The van der Waals surface area contributed by atoms with Gasteiger partial charge in [-0.25, -0.2) is 4.39 Å². The summed E-state index contributed by atoms with van der Waals surface area (Å²) in [5, 5.41) is 12.0. The van der Waals surface area contributed by atoms with Crippen LogP contribution in [0.2, 0.25) is 0 Å². The van der Waals surface area contributed by atoms with Crippen molar-refractivity contribution in [2.24, 2.45) is 0 Å². The molecule has 24 heavy (non-hydrogen) atoms.